The Morgan fingerprint density at radius 2 is 1.29 bits per heavy atom. The number of ether oxygens (including phenoxy) is 2. The number of benzene rings is 2. The van der Waals surface area contributed by atoms with Crippen molar-refractivity contribution in [2.24, 2.45) is 4.99 Å². The van der Waals surface area contributed by atoms with Gasteiger partial charge >= 0.3 is 6.09 Å². The Hall–Kier alpha value is -3.93. The zero-order valence-electron chi connectivity index (χ0n) is 36.7. The van der Waals surface area contributed by atoms with Crippen LogP contribution < -0.4 is 10.1 Å². The van der Waals surface area contributed by atoms with Crippen molar-refractivity contribution in [3.8, 4) is 5.75 Å². The van der Waals surface area contributed by atoms with E-state index in [4.69, 9.17) is 14.5 Å². The Kier molecular flexibility index (Phi) is 19.7. The second-order valence-electron chi connectivity index (χ2n) is 16.9. The number of cyclic esters (lactones) is 1. The summed E-state index contributed by atoms with van der Waals surface area (Å²) >= 11 is 0. The van der Waals surface area contributed by atoms with Gasteiger partial charge in [0, 0.05) is 6.54 Å². The Labute approximate surface area is 355 Å². The van der Waals surface area contributed by atoms with Gasteiger partial charge in [0.25, 0.3) is 21.8 Å². The number of carbonyl (C=O) groups is 3. The summed E-state index contributed by atoms with van der Waals surface area (Å²) in [5.41, 5.74) is -0.261. The summed E-state index contributed by atoms with van der Waals surface area (Å²) in [4.78, 5) is 47.5. The van der Waals surface area contributed by atoms with Crippen LogP contribution in [-0.4, -0.2) is 66.2 Å². The number of nitrogens with zero attached hydrogens (tertiary/aromatic N) is 3. The van der Waals surface area contributed by atoms with Gasteiger partial charge in [-0.05, 0) is 63.4 Å². The summed E-state index contributed by atoms with van der Waals surface area (Å²) < 4.78 is 41.5. The van der Waals surface area contributed by atoms with Crippen LogP contribution in [0.3, 0.4) is 0 Å². The standard InChI is InChI=1S/C47H72N4O7S/c1-6-8-10-12-14-15-16-17-18-19-20-21-22-23-24-28-34-50-43(48-38-30-26-27-31-41(38)59(50,55)56)42(51-45(53)47(4,5)58-46(51)54)44(52)49-39-36-37(3)32-33-40(39)57-35-29-25-13-11-9-7-2/h26-27,30-33,36,42H,6-25,28-29,34-35H2,1-5H3,(H,49,52). The maximum atomic E-state index is 14.7. The van der Waals surface area contributed by atoms with E-state index < -0.39 is 39.6 Å². The largest absolute Gasteiger partial charge is 0.491 e. The lowest BCUT2D eigenvalue weighted by Gasteiger charge is -2.35. The van der Waals surface area contributed by atoms with E-state index >= 15 is 0 Å². The second-order valence-corrected chi connectivity index (χ2v) is 18.7. The number of amidine groups is 1. The normalized spacial score (nSPS) is 16.1. The Balaban J connectivity index is 1.47. The number of aliphatic imine (C=N–C) groups is 1. The number of amides is 3. The van der Waals surface area contributed by atoms with E-state index in [2.05, 4.69) is 19.2 Å². The third-order valence-electron chi connectivity index (χ3n) is 11.3. The average molecular weight is 837 g/mol. The second kappa shape index (κ2) is 24.4. The number of sulfonamides is 1. The van der Waals surface area contributed by atoms with Crippen molar-refractivity contribution < 1.29 is 32.3 Å². The van der Waals surface area contributed by atoms with Crippen LogP contribution in [0.25, 0.3) is 0 Å². The van der Waals surface area contributed by atoms with Crippen LogP contribution in [0.4, 0.5) is 16.2 Å². The average Bonchev–Trinajstić information content (AvgIpc) is 3.40. The molecule has 1 atom stereocenters. The van der Waals surface area contributed by atoms with Gasteiger partial charge in [-0.1, -0.05) is 160 Å². The van der Waals surface area contributed by atoms with Gasteiger partial charge in [0.05, 0.1) is 18.0 Å². The highest BCUT2D eigenvalue weighted by atomic mass is 32.2. The SMILES string of the molecule is CCCCCCCCCCCCCCCCCCN1C(C(C(=O)Nc2cc(C)ccc2OCCCCCCCC)N2C(=O)OC(C)(C)C2=O)=Nc2ccccc2S1(=O)=O. The van der Waals surface area contributed by atoms with E-state index in [9.17, 15) is 22.8 Å². The lowest BCUT2D eigenvalue weighted by atomic mass is 10.0. The molecular weight excluding hydrogens is 765 g/mol. The summed E-state index contributed by atoms with van der Waals surface area (Å²) in [6.45, 7) is 9.67. The summed E-state index contributed by atoms with van der Waals surface area (Å²) in [6.07, 6.45) is 24.3. The Morgan fingerprint density at radius 1 is 0.763 bits per heavy atom. The van der Waals surface area contributed by atoms with Crippen LogP contribution in [0.2, 0.25) is 0 Å². The third-order valence-corrected chi connectivity index (χ3v) is 13.2. The summed E-state index contributed by atoms with van der Waals surface area (Å²) in [7, 11) is -4.23. The first kappa shape index (κ1) is 47.7. The summed E-state index contributed by atoms with van der Waals surface area (Å²) in [5, 5.41) is 2.89. The molecule has 2 aromatic carbocycles. The quantitative estimate of drug-likeness (QED) is 0.0806. The van der Waals surface area contributed by atoms with Gasteiger partial charge < -0.3 is 14.8 Å². The predicted molar refractivity (Wildman–Crippen MR) is 237 cm³/mol. The van der Waals surface area contributed by atoms with Crippen molar-refractivity contribution in [3.63, 3.8) is 0 Å². The predicted octanol–water partition coefficient (Wildman–Crippen LogP) is 11.8. The number of unbranched alkanes of at least 4 members (excludes halogenated alkanes) is 20. The zero-order valence-corrected chi connectivity index (χ0v) is 37.5. The molecule has 0 spiro atoms. The van der Waals surface area contributed by atoms with Crippen molar-refractivity contribution in [2.75, 3.05) is 18.5 Å². The van der Waals surface area contributed by atoms with Gasteiger partial charge in [-0.3, -0.25) is 13.9 Å². The molecule has 0 bridgehead atoms. The van der Waals surface area contributed by atoms with Gasteiger partial charge in [-0.2, -0.15) is 0 Å². The molecule has 1 saturated heterocycles. The van der Waals surface area contributed by atoms with Crippen molar-refractivity contribution in [1.82, 2.24) is 9.21 Å². The van der Waals surface area contributed by atoms with E-state index in [-0.39, 0.29) is 23.0 Å². The highest BCUT2D eigenvalue weighted by molar-refractivity contribution is 7.90. The molecule has 11 nitrogen and oxygen atoms in total. The molecule has 2 heterocycles. The molecule has 0 aliphatic carbocycles. The molecule has 3 amide bonds. The minimum Gasteiger partial charge on any atom is -0.491 e. The molecule has 0 radical (unpaired) electrons. The topological polar surface area (TPSA) is 135 Å². The maximum absolute atomic E-state index is 14.7. The first-order valence-electron chi connectivity index (χ1n) is 22.7. The van der Waals surface area contributed by atoms with E-state index in [0.29, 0.717) is 29.4 Å². The van der Waals surface area contributed by atoms with Crippen LogP contribution >= 0.6 is 0 Å². The third kappa shape index (κ3) is 14.1. The Morgan fingerprint density at radius 3 is 1.83 bits per heavy atom. The van der Waals surface area contributed by atoms with Crippen LogP contribution in [0, 0.1) is 6.92 Å². The van der Waals surface area contributed by atoms with Crippen LogP contribution in [0.15, 0.2) is 52.4 Å². The zero-order chi connectivity index (χ0) is 42.7. The molecular formula is C47H72N4O7S. The molecule has 2 aromatic rings. The number of carbonyl (C=O) groups excluding carboxylic acids is 3. The minimum absolute atomic E-state index is 0.000814. The Bertz CT molecular complexity index is 1790. The lowest BCUT2D eigenvalue weighted by molar-refractivity contribution is -0.137. The maximum Gasteiger partial charge on any atom is 0.418 e. The van der Waals surface area contributed by atoms with Gasteiger partial charge in [0.1, 0.15) is 10.6 Å². The fourth-order valence-corrected chi connectivity index (χ4v) is 9.44. The van der Waals surface area contributed by atoms with Crippen molar-refractivity contribution >= 4 is 45.1 Å². The molecule has 1 unspecified atom stereocenters. The van der Waals surface area contributed by atoms with Gasteiger partial charge in [-0.25, -0.2) is 23.1 Å². The van der Waals surface area contributed by atoms with Gasteiger partial charge in [0.2, 0.25) is 0 Å². The monoisotopic (exact) mass is 837 g/mol. The molecule has 1 fully saturated rings. The smallest absolute Gasteiger partial charge is 0.418 e. The first-order valence-corrected chi connectivity index (χ1v) is 24.2. The van der Waals surface area contributed by atoms with Gasteiger partial charge in [-0.15, -0.1) is 0 Å². The molecule has 1 N–H and O–H groups in total. The van der Waals surface area contributed by atoms with Gasteiger partial charge in [0.15, 0.2) is 17.5 Å². The molecule has 12 heteroatoms. The van der Waals surface area contributed by atoms with Crippen LogP contribution in [0.5, 0.6) is 5.75 Å². The summed E-state index contributed by atoms with van der Waals surface area (Å²) in [5.74, 6) is -1.38. The number of fused-ring (bicyclic) bond motifs is 1. The number of aryl methyl sites for hydroxylation is 1. The first-order chi connectivity index (χ1) is 28.4. The fourth-order valence-electron chi connectivity index (χ4n) is 7.81. The minimum atomic E-state index is -4.23. The number of para-hydroxylation sites is 1. The molecule has 0 aromatic heterocycles. The molecule has 0 saturated carbocycles. The number of anilines is 1. The molecule has 328 valence electrons. The summed E-state index contributed by atoms with van der Waals surface area (Å²) in [6, 6.07) is 9.97. The van der Waals surface area contributed by atoms with E-state index in [0.717, 1.165) is 54.8 Å². The fraction of sp³-hybridized carbons (Fsp3) is 0.660. The van der Waals surface area contributed by atoms with E-state index in [1.54, 1.807) is 30.3 Å². The lowest BCUT2D eigenvalue weighted by Crippen LogP contribution is -2.59. The van der Waals surface area contributed by atoms with Crippen molar-refractivity contribution in [1.29, 1.82) is 0 Å². The van der Waals surface area contributed by atoms with Crippen molar-refractivity contribution in [2.45, 2.75) is 192 Å². The number of imide groups is 1. The van der Waals surface area contributed by atoms with Crippen molar-refractivity contribution in [3.05, 3.63) is 48.0 Å². The highest BCUT2D eigenvalue weighted by Crippen LogP contribution is 2.37. The number of hydrogen-bond donors (Lipinski definition) is 1. The molecule has 2 aliphatic rings. The van der Waals surface area contributed by atoms with E-state index in [1.165, 1.54) is 110 Å². The molecule has 59 heavy (non-hydrogen) atoms. The van der Waals surface area contributed by atoms with Crippen LogP contribution in [0.1, 0.15) is 175 Å². The van der Waals surface area contributed by atoms with Crippen LogP contribution in [-0.2, 0) is 24.3 Å². The number of hydrogen-bond acceptors (Lipinski definition) is 8. The molecule has 2 aliphatic heterocycles. The highest BCUT2D eigenvalue weighted by Gasteiger charge is 2.55. The molecule has 4 rings (SSSR count). The van der Waals surface area contributed by atoms with E-state index in [1.807, 2.05) is 13.0 Å². The number of rotatable bonds is 29. The number of nitrogens with one attached hydrogen (secondary N) is 1.